The highest BCUT2D eigenvalue weighted by atomic mass is 32.2. The average Bonchev–Trinajstić information content (AvgIpc) is 3.16. The van der Waals surface area contributed by atoms with E-state index in [0.717, 1.165) is 29.7 Å². The number of rotatable bonds is 4. The third kappa shape index (κ3) is 4.01. The quantitative estimate of drug-likeness (QED) is 0.721. The van der Waals surface area contributed by atoms with Gasteiger partial charge in [0.25, 0.3) is 5.91 Å². The van der Waals surface area contributed by atoms with E-state index < -0.39 is 17.7 Å². The van der Waals surface area contributed by atoms with Crippen molar-refractivity contribution >= 4 is 29.4 Å². The number of hydrogen-bond acceptors (Lipinski definition) is 3. The van der Waals surface area contributed by atoms with E-state index in [0.29, 0.717) is 10.1 Å². The molecule has 1 atom stereocenters. The third-order valence-corrected chi connectivity index (χ3v) is 7.47. The molecule has 0 radical (unpaired) electrons. The molecule has 0 aromatic heterocycles. The van der Waals surface area contributed by atoms with Gasteiger partial charge in [0.2, 0.25) is 0 Å². The summed E-state index contributed by atoms with van der Waals surface area (Å²) in [7, 11) is 1.61. The van der Waals surface area contributed by atoms with Crippen LogP contribution in [0.15, 0.2) is 42.5 Å². The maximum absolute atomic E-state index is 14.0. The summed E-state index contributed by atoms with van der Waals surface area (Å²) in [6.07, 6.45) is 0. The van der Waals surface area contributed by atoms with Gasteiger partial charge >= 0.3 is 0 Å². The molecule has 25 heavy (non-hydrogen) atoms. The molecule has 132 valence electrons. The summed E-state index contributed by atoms with van der Waals surface area (Å²) in [6.45, 7) is 1.69. The standard InChI is InChI=1S/C19H19F2NOS2/c1-12(16-11-15(20)7-8-17(16)21)22(2)18(23)13-3-5-14(6-4-13)19-24-9-10-25-19/h3-8,11-12,19H,9-10H2,1-2H3. The molecule has 2 aromatic rings. The van der Waals surface area contributed by atoms with Crippen molar-refractivity contribution in [3.8, 4) is 0 Å². The maximum Gasteiger partial charge on any atom is 0.254 e. The topological polar surface area (TPSA) is 20.3 Å². The minimum atomic E-state index is -0.566. The normalized spacial score (nSPS) is 16.0. The summed E-state index contributed by atoms with van der Waals surface area (Å²) in [5, 5.41) is 0. The number of halogens is 2. The fraction of sp³-hybridized carbons (Fsp3) is 0.316. The molecule has 0 spiro atoms. The van der Waals surface area contributed by atoms with Gasteiger partial charge < -0.3 is 4.90 Å². The number of carbonyl (C=O) groups is 1. The molecule has 0 aliphatic carbocycles. The monoisotopic (exact) mass is 379 g/mol. The third-order valence-electron chi connectivity index (χ3n) is 4.36. The first-order valence-electron chi connectivity index (χ1n) is 8.02. The summed E-state index contributed by atoms with van der Waals surface area (Å²) >= 11 is 3.82. The van der Waals surface area contributed by atoms with Crippen molar-refractivity contribution in [3.05, 3.63) is 70.8 Å². The molecule has 1 unspecified atom stereocenters. The van der Waals surface area contributed by atoms with E-state index in [9.17, 15) is 13.6 Å². The minimum Gasteiger partial charge on any atom is -0.335 e. The van der Waals surface area contributed by atoms with Gasteiger partial charge in [0.1, 0.15) is 11.6 Å². The van der Waals surface area contributed by atoms with Crippen LogP contribution in [0.3, 0.4) is 0 Å². The molecule has 0 bridgehead atoms. The van der Waals surface area contributed by atoms with Gasteiger partial charge in [-0.2, -0.15) is 0 Å². The maximum atomic E-state index is 14.0. The zero-order valence-corrected chi connectivity index (χ0v) is 15.7. The molecule has 1 fully saturated rings. The van der Waals surface area contributed by atoms with Gasteiger partial charge in [0.15, 0.2) is 0 Å². The minimum absolute atomic E-state index is 0.172. The van der Waals surface area contributed by atoms with Crippen molar-refractivity contribution in [2.75, 3.05) is 18.6 Å². The van der Waals surface area contributed by atoms with Gasteiger partial charge in [-0.05, 0) is 42.8 Å². The van der Waals surface area contributed by atoms with E-state index in [2.05, 4.69) is 0 Å². The van der Waals surface area contributed by atoms with Crippen molar-refractivity contribution in [2.24, 2.45) is 0 Å². The molecule has 0 N–H and O–H groups in total. The van der Waals surface area contributed by atoms with Crippen LogP contribution in [-0.4, -0.2) is 29.4 Å². The van der Waals surface area contributed by atoms with E-state index >= 15 is 0 Å². The van der Waals surface area contributed by atoms with E-state index in [1.807, 2.05) is 47.8 Å². The molecule has 1 aliphatic heterocycles. The van der Waals surface area contributed by atoms with Crippen molar-refractivity contribution in [2.45, 2.75) is 17.5 Å². The highest BCUT2D eigenvalue weighted by molar-refractivity contribution is 8.19. The number of nitrogens with zero attached hydrogens (tertiary/aromatic N) is 1. The SMILES string of the molecule is CC(c1cc(F)ccc1F)N(C)C(=O)c1ccc(C2SCCS2)cc1. The second-order valence-electron chi connectivity index (χ2n) is 5.95. The molecule has 1 saturated heterocycles. The number of thioether (sulfide) groups is 2. The second-order valence-corrected chi connectivity index (χ2v) is 8.68. The summed E-state index contributed by atoms with van der Waals surface area (Å²) in [4.78, 5) is 14.1. The van der Waals surface area contributed by atoms with Crippen LogP contribution >= 0.6 is 23.5 Å². The van der Waals surface area contributed by atoms with Gasteiger partial charge in [-0.15, -0.1) is 23.5 Å². The van der Waals surface area contributed by atoms with Crippen LogP contribution in [-0.2, 0) is 0 Å². The summed E-state index contributed by atoms with van der Waals surface area (Å²) in [5.74, 6) is 1.05. The lowest BCUT2D eigenvalue weighted by molar-refractivity contribution is 0.0740. The van der Waals surface area contributed by atoms with E-state index in [4.69, 9.17) is 0 Å². The zero-order chi connectivity index (χ0) is 18.0. The molecule has 1 amide bonds. The van der Waals surface area contributed by atoms with Crippen LogP contribution in [0.4, 0.5) is 8.78 Å². The number of benzene rings is 2. The smallest absolute Gasteiger partial charge is 0.254 e. The number of hydrogen-bond donors (Lipinski definition) is 0. The molecule has 1 heterocycles. The Bertz CT molecular complexity index is 761. The lowest BCUT2D eigenvalue weighted by atomic mass is 10.0. The van der Waals surface area contributed by atoms with Gasteiger partial charge in [0, 0.05) is 29.7 Å². The summed E-state index contributed by atoms with van der Waals surface area (Å²) in [5.41, 5.74) is 1.92. The highest BCUT2D eigenvalue weighted by Gasteiger charge is 2.23. The lowest BCUT2D eigenvalue weighted by Gasteiger charge is -2.26. The van der Waals surface area contributed by atoms with Gasteiger partial charge in [-0.25, -0.2) is 8.78 Å². The Morgan fingerprint density at radius 2 is 1.76 bits per heavy atom. The van der Waals surface area contributed by atoms with Crippen molar-refractivity contribution in [1.82, 2.24) is 4.90 Å². The Morgan fingerprint density at radius 1 is 1.12 bits per heavy atom. The molecule has 3 rings (SSSR count). The largest absolute Gasteiger partial charge is 0.335 e. The van der Waals surface area contributed by atoms with Crippen LogP contribution < -0.4 is 0 Å². The van der Waals surface area contributed by atoms with Crippen LogP contribution in [0.1, 0.15) is 39.0 Å². The number of carbonyl (C=O) groups excluding carboxylic acids is 1. The first-order chi connectivity index (χ1) is 12.0. The Labute approximate surface area is 155 Å². The molecular formula is C19H19F2NOS2. The molecule has 0 saturated carbocycles. The van der Waals surface area contributed by atoms with Gasteiger partial charge in [0.05, 0.1) is 10.6 Å². The van der Waals surface area contributed by atoms with Crippen molar-refractivity contribution < 1.29 is 13.6 Å². The van der Waals surface area contributed by atoms with Crippen LogP contribution in [0, 0.1) is 11.6 Å². The van der Waals surface area contributed by atoms with Crippen LogP contribution in [0.5, 0.6) is 0 Å². The van der Waals surface area contributed by atoms with E-state index in [1.165, 1.54) is 10.5 Å². The summed E-state index contributed by atoms with van der Waals surface area (Å²) in [6, 6.07) is 10.3. The lowest BCUT2D eigenvalue weighted by Crippen LogP contribution is -2.30. The predicted octanol–water partition coefficient (Wildman–Crippen LogP) is 5.28. The van der Waals surface area contributed by atoms with Gasteiger partial charge in [-0.3, -0.25) is 4.79 Å². The Kier molecular flexibility index (Phi) is 5.69. The van der Waals surface area contributed by atoms with Crippen molar-refractivity contribution in [3.63, 3.8) is 0 Å². The first kappa shape index (κ1) is 18.3. The fourth-order valence-electron chi connectivity index (χ4n) is 2.76. The van der Waals surface area contributed by atoms with Gasteiger partial charge in [-0.1, -0.05) is 12.1 Å². The number of amides is 1. The average molecular weight is 379 g/mol. The van der Waals surface area contributed by atoms with Crippen molar-refractivity contribution in [1.29, 1.82) is 0 Å². The van der Waals surface area contributed by atoms with E-state index in [1.54, 1.807) is 14.0 Å². The Morgan fingerprint density at radius 3 is 2.40 bits per heavy atom. The predicted molar refractivity (Wildman–Crippen MR) is 101 cm³/mol. The molecule has 2 nitrogen and oxygen atoms in total. The molecule has 6 heteroatoms. The zero-order valence-electron chi connectivity index (χ0n) is 14.0. The Hall–Kier alpha value is -1.53. The second kappa shape index (κ2) is 7.79. The van der Waals surface area contributed by atoms with Crippen LogP contribution in [0.2, 0.25) is 0 Å². The molecular weight excluding hydrogens is 360 g/mol. The summed E-state index contributed by atoms with van der Waals surface area (Å²) < 4.78 is 27.8. The fourth-order valence-corrected chi connectivity index (χ4v) is 5.62. The first-order valence-corrected chi connectivity index (χ1v) is 10.1. The Balaban J connectivity index is 1.76. The van der Waals surface area contributed by atoms with E-state index in [-0.39, 0.29) is 11.5 Å². The molecule has 1 aliphatic rings. The highest BCUT2D eigenvalue weighted by Crippen LogP contribution is 2.45. The molecule has 2 aromatic carbocycles. The van der Waals surface area contributed by atoms with Crippen LogP contribution in [0.25, 0.3) is 0 Å².